The fourth-order valence-electron chi connectivity index (χ4n) is 1.55. The highest BCUT2D eigenvalue weighted by molar-refractivity contribution is 5.78. The maximum Gasteiger partial charge on any atom is 0.157 e. The molecule has 5 heteroatoms. The number of nitrogens with zero attached hydrogens (tertiary/aromatic N) is 3. The number of imidazole rings is 1. The summed E-state index contributed by atoms with van der Waals surface area (Å²) in [5.74, 6) is 0.751. The van der Waals surface area contributed by atoms with E-state index < -0.39 is 0 Å². The summed E-state index contributed by atoms with van der Waals surface area (Å²) in [4.78, 5) is 15.7. The van der Waals surface area contributed by atoms with E-state index in [-0.39, 0.29) is 0 Å². The van der Waals surface area contributed by atoms with Crippen molar-refractivity contribution < 1.29 is 0 Å². The predicted octanol–water partition coefficient (Wildman–Crippen LogP) is 1.60. The van der Waals surface area contributed by atoms with Crippen molar-refractivity contribution in [3.8, 4) is 11.4 Å². The van der Waals surface area contributed by atoms with Crippen LogP contribution in [0.1, 0.15) is 0 Å². The molecule has 0 fully saturated rings. The molecule has 5 nitrogen and oxygen atoms in total. The van der Waals surface area contributed by atoms with Gasteiger partial charge in [0.2, 0.25) is 0 Å². The topological polar surface area (TPSA) is 80.5 Å². The Hall–Kier alpha value is -2.43. The molecular weight excluding hydrogens is 202 g/mol. The first-order valence-electron chi connectivity index (χ1n) is 4.84. The summed E-state index contributed by atoms with van der Waals surface area (Å²) in [7, 11) is 0. The first-order valence-corrected chi connectivity index (χ1v) is 4.84. The number of fused-ring (bicyclic) bond motifs is 1. The van der Waals surface area contributed by atoms with Gasteiger partial charge in [-0.05, 0) is 18.2 Å². The largest absolute Gasteiger partial charge is 0.397 e. The van der Waals surface area contributed by atoms with E-state index in [1.165, 1.54) is 0 Å². The second kappa shape index (κ2) is 3.30. The summed E-state index contributed by atoms with van der Waals surface area (Å²) in [5, 5.41) is 0. The number of aromatic amines is 1. The Labute approximate surface area is 91.4 Å². The minimum atomic E-state index is 0.608. The minimum absolute atomic E-state index is 0.608. The van der Waals surface area contributed by atoms with Crippen LogP contribution in [0.3, 0.4) is 0 Å². The van der Waals surface area contributed by atoms with Crippen molar-refractivity contribution in [3.63, 3.8) is 0 Å². The van der Waals surface area contributed by atoms with E-state index >= 15 is 0 Å². The van der Waals surface area contributed by atoms with E-state index in [9.17, 15) is 0 Å². The molecule has 0 radical (unpaired) electrons. The van der Waals surface area contributed by atoms with Crippen LogP contribution >= 0.6 is 0 Å². The Balaban J connectivity index is 2.19. The zero-order valence-corrected chi connectivity index (χ0v) is 8.38. The van der Waals surface area contributed by atoms with Crippen LogP contribution in [0, 0.1) is 0 Å². The fourth-order valence-corrected chi connectivity index (χ4v) is 1.55. The van der Waals surface area contributed by atoms with Gasteiger partial charge in [-0.2, -0.15) is 0 Å². The number of nitrogens with two attached hydrogens (primary N) is 1. The lowest BCUT2D eigenvalue weighted by Crippen LogP contribution is -1.85. The van der Waals surface area contributed by atoms with Gasteiger partial charge in [0.25, 0.3) is 0 Å². The van der Waals surface area contributed by atoms with Gasteiger partial charge in [-0.1, -0.05) is 0 Å². The number of pyridine rings is 2. The van der Waals surface area contributed by atoms with Crippen LogP contribution in [0.25, 0.3) is 22.6 Å². The molecule has 0 aliphatic rings. The Kier molecular flexibility index (Phi) is 1.83. The van der Waals surface area contributed by atoms with E-state index in [2.05, 4.69) is 19.9 Å². The average molecular weight is 211 g/mol. The number of anilines is 1. The molecule has 0 bridgehead atoms. The number of nitrogen functional groups attached to an aromatic ring is 1. The molecule has 0 saturated carbocycles. The molecule has 3 rings (SSSR count). The summed E-state index contributed by atoms with van der Waals surface area (Å²) in [6.45, 7) is 0. The lowest BCUT2D eigenvalue weighted by atomic mass is 10.3. The van der Waals surface area contributed by atoms with Gasteiger partial charge in [0.15, 0.2) is 5.65 Å². The Morgan fingerprint density at radius 3 is 3.00 bits per heavy atom. The summed E-state index contributed by atoms with van der Waals surface area (Å²) in [6.07, 6.45) is 5.08. The quantitative estimate of drug-likeness (QED) is 0.640. The van der Waals surface area contributed by atoms with Gasteiger partial charge < -0.3 is 10.7 Å². The summed E-state index contributed by atoms with van der Waals surface area (Å²) in [5.41, 5.74) is 8.67. The number of hydrogen-bond donors (Lipinski definition) is 2. The van der Waals surface area contributed by atoms with Crippen LogP contribution in [0.15, 0.2) is 36.8 Å². The van der Waals surface area contributed by atoms with Crippen molar-refractivity contribution >= 4 is 16.9 Å². The van der Waals surface area contributed by atoms with Crippen molar-refractivity contribution in [2.75, 3.05) is 5.73 Å². The van der Waals surface area contributed by atoms with Crippen LogP contribution in [-0.4, -0.2) is 19.9 Å². The van der Waals surface area contributed by atoms with Crippen LogP contribution in [0.4, 0.5) is 5.69 Å². The molecule has 78 valence electrons. The summed E-state index contributed by atoms with van der Waals surface area (Å²) < 4.78 is 0. The van der Waals surface area contributed by atoms with Crippen molar-refractivity contribution in [1.29, 1.82) is 0 Å². The molecule has 3 N–H and O–H groups in total. The van der Waals surface area contributed by atoms with Crippen LogP contribution in [-0.2, 0) is 0 Å². The SMILES string of the molecule is Nc1cnc2[nH]c(-c3cccnc3)nc2c1. The smallest absolute Gasteiger partial charge is 0.157 e. The van der Waals surface area contributed by atoms with Crippen molar-refractivity contribution in [3.05, 3.63) is 36.8 Å². The van der Waals surface area contributed by atoms with Gasteiger partial charge in [0.1, 0.15) is 11.3 Å². The Morgan fingerprint density at radius 1 is 1.25 bits per heavy atom. The summed E-state index contributed by atoms with van der Waals surface area (Å²) in [6, 6.07) is 5.59. The second-order valence-electron chi connectivity index (χ2n) is 3.46. The third-order valence-electron chi connectivity index (χ3n) is 2.29. The third-order valence-corrected chi connectivity index (χ3v) is 2.29. The highest BCUT2D eigenvalue weighted by Gasteiger charge is 2.05. The van der Waals surface area contributed by atoms with E-state index in [1.54, 1.807) is 24.7 Å². The van der Waals surface area contributed by atoms with E-state index in [0.717, 1.165) is 22.6 Å². The molecule has 0 aromatic carbocycles. The molecule has 3 heterocycles. The predicted molar refractivity (Wildman–Crippen MR) is 61.5 cm³/mol. The normalized spacial score (nSPS) is 10.8. The van der Waals surface area contributed by atoms with Crippen LogP contribution in [0.2, 0.25) is 0 Å². The van der Waals surface area contributed by atoms with Gasteiger partial charge in [0.05, 0.1) is 11.9 Å². The van der Waals surface area contributed by atoms with E-state index in [1.807, 2.05) is 12.1 Å². The van der Waals surface area contributed by atoms with Gasteiger partial charge in [0, 0.05) is 18.0 Å². The number of H-pyrrole nitrogens is 1. The molecule has 16 heavy (non-hydrogen) atoms. The molecule has 0 aliphatic carbocycles. The number of hydrogen-bond acceptors (Lipinski definition) is 4. The molecular formula is C11H9N5. The van der Waals surface area contributed by atoms with Gasteiger partial charge in [-0.3, -0.25) is 4.98 Å². The first-order chi connectivity index (χ1) is 7.83. The molecule has 0 amide bonds. The Bertz CT molecular complexity index is 629. The molecule has 0 unspecified atom stereocenters. The van der Waals surface area contributed by atoms with Gasteiger partial charge in [-0.25, -0.2) is 9.97 Å². The average Bonchev–Trinajstić information content (AvgIpc) is 2.73. The molecule has 3 aromatic rings. The van der Waals surface area contributed by atoms with Gasteiger partial charge in [-0.15, -0.1) is 0 Å². The van der Waals surface area contributed by atoms with Gasteiger partial charge >= 0.3 is 0 Å². The Morgan fingerprint density at radius 2 is 2.19 bits per heavy atom. The molecule has 0 aliphatic heterocycles. The molecule has 0 saturated heterocycles. The number of rotatable bonds is 1. The standard InChI is InChI=1S/C11H9N5/c12-8-4-9-11(14-6-8)16-10(15-9)7-2-1-3-13-5-7/h1-6H,12H2,(H,14,15,16). The first kappa shape index (κ1) is 8.84. The maximum absolute atomic E-state index is 5.64. The van der Waals surface area contributed by atoms with Crippen molar-refractivity contribution in [2.45, 2.75) is 0 Å². The fraction of sp³-hybridized carbons (Fsp3) is 0. The molecule has 0 atom stereocenters. The molecule has 0 spiro atoms. The summed E-state index contributed by atoms with van der Waals surface area (Å²) >= 11 is 0. The lowest BCUT2D eigenvalue weighted by Gasteiger charge is -1.92. The van der Waals surface area contributed by atoms with Crippen molar-refractivity contribution in [1.82, 2.24) is 19.9 Å². The minimum Gasteiger partial charge on any atom is -0.397 e. The number of aromatic nitrogens is 4. The third kappa shape index (κ3) is 1.38. The zero-order valence-electron chi connectivity index (χ0n) is 8.38. The van der Waals surface area contributed by atoms with Crippen molar-refractivity contribution in [2.24, 2.45) is 0 Å². The van der Waals surface area contributed by atoms with E-state index in [0.29, 0.717) is 5.69 Å². The van der Waals surface area contributed by atoms with Crippen LogP contribution < -0.4 is 5.73 Å². The number of nitrogens with one attached hydrogen (secondary N) is 1. The monoisotopic (exact) mass is 211 g/mol. The van der Waals surface area contributed by atoms with Crippen LogP contribution in [0.5, 0.6) is 0 Å². The lowest BCUT2D eigenvalue weighted by molar-refractivity contribution is 1.26. The molecule has 3 aromatic heterocycles. The highest BCUT2D eigenvalue weighted by atomic mass is 15.0. The van der Waals surface area contributed by atoms with E-state index in [4.69, 9.17) is 5.73 Å². The zero-order chi connectivity index (χ0) is 11.0. The highest BCUT2D eigenvalue weighted by Crippen LogP contribution is 2.19. The maximum atomic E-state index is 5.64. The second-order valence-corrected chi connectivity index (χ2v) is 3.46.